The van der Waals surface area contributed by atoms with E-state index in [-0.39, 0.29) is 29.0 Å². The minimum Gasteiger partial charge on any atom is -0.343 e. The zero-order chi connectivity index (χ0) is 22.0. The number of aryl methyl sites for hydroxylation is 2. The molecular formula is C23H25FN4O3. The maximum Gasteiger partial charge on any atom is 0.260 e. The maximum atomic E-state index is 13.1. The number of piperidine rings is 1. The molecule has 7 nitrogen and oxygen atoms in total. The van der Waals surface area contributed by atoms with Crippen molar-refractivity contribution in [3.8, 4) is 0 Å². The van der Waals surface area contributed by atoms with Crippen LogP contribution in [0.5, 0.6) is 0 Å². The normalized spacial score (nSPS) is 14.8. The molecule has 1 N–H and O–H groups in total. The van der Waals surface area contributed by atoms with Crippen LogP contribution in [0.25, 0.3) is 11.0 Å². The van der Waals surface area contributed by atoms with Gasteiger partial charge >= 0.3 is 0 Å². The number of ketones is 1. The van der Waals surface area contributed by atoms with Gasteiger partial charge in [-0.25, -0.2) is 9.37 Å². The lowest BCUT2D eigenvalue weighted by Gasteiger charge is -2.31. The van der Waals surface area contributed by atoms with Crippen molar-refractivity contribution >= 4 is 22.7 Å². The molecule has 1 aliphatic heterocycles. The fourth-order valence-electron chi connectivity index (χ4n) is 4.12. The number of aromatic amines is 1. The number of carbonyl (C=O) groups excluding carboxylic acids is 2. The molecule has 1 aliphatic rings. The smallest absolute Gasteiger partial charge is 0.260 e. The standard InChI is InChI=1S/C23H25FN4O3/c1-27-12-11-18-22(27)25-19(26-23(18)31)3-2-4-20(29)28-13-9-16(10-14-28)21(30)15-5-7-17(24)8-6-15/h5-8,11-12,16H,2-4,9-10,13-14H2,1H3,(H,25,26,31). The van der Waals surface area contributed by atoms with Gasteiger partial charge in [0.2, 0.25) is 5.91 Å². The van der Waals surface area contributed by atoms with Crippen LogP contribution in [-0.2, 0) is 18.3 Å². The number of likely N-dealkylation sites (tertiary alicyclic amines) is 1. The minimum absolute atomic E-state index is 0.0122. The van der Waals surface area contributed by atoms with E-state index < -0.39 is 0 Å². The van der Waals surface area contributed by atoms with Gasteiger partial charge in [0, 0.05) is 50.7 Å². The summed E-state index contributed by atoms with van der Waals surface area (Å²) in [6, 6.07) is 7.35. The first kappa shape index (κ1) is 21.0. The van der Waals surface area contributed by atoms with Crippen molar-refractivity contribution in [2.45, 2.75) is 32.1 Å². The summed E-state index contributed by atoms with van der Waals surface area (Å²) in [7, 11) is 1.84. The van der Waals surface area contributed by atoms with Crippen LogP contribution in [0.4, 0.5) is 4.39 Å². The Labute approximate surface area is 178 Å². The maximum absolute atomic E-state index is 13.1. The Morgan fingerprint density at radius 3 is 2.58 bits per heavy atom. The molecule has 162 valence electrons. The van der Waals surface area contributed by atoms with Gasteiger partial charge in [-0.2, -0.15) is 0 Å². The molecule has 3 heterocycles. The fraction of sp³-hybridized carbons (Fsp3) is 0.391. The molecular weight excluding hydrogens is 399 g/mol. The van der Waals surface area contributed by atoms with Crippen molar-refractivity contribution in [1.29, 1.82) is 0 Å². The number of nitrogens with one attached hydrogen (secondary N) is 1. The molecule has 4 rings (SSSR count). The SMILES string of the molecule is Cn1ccc2c(=O)[nH]c(CCCC(=O)N3CCC(C(=O)c4ccc(F)cc4)CC3)nc21. The number of carbonyl (C=O) groups is 2. The van der Waals surface area contributed by atoms with E-state index in [1.807, 2.05) is 7.05 Å². The topological polar surface area (TPSA) is 88.1 Å². The van der Waals surface area contributed by atoms with E-state index in [4.69, 9.17) is 0 Å². The predicted octanol–water partition coefficient (Wildman–Crippen LogP) is 2.84. The molecule has 1 aromatic carbocycles. The van der Waals surface area contributed by atoms with Crippen LogP contribution in [-0.4, -0.2) is 44.2 Å². The van der Waals surface area contributed by atoms with Crippen molar-refractivity contribution in [1.82, 2.24) is 19.4 Å². The lowest BCUT2D eigenvalue weighted by Crippen LogP contribution is -2.40. The number of fused-ring (bicyclic) bond motifs is 1. The Morgan fingerprint density at radius 1 is 1.16 bits per heavy atom. The van der Waals surface area contributed by atoms with Crippen molar-refractivity contribution < 1.29 is 14.0 Å². The molecule has 1 fully saturated rings. The van der Waals surface area contributed by atoms with Crippen molar-refractivity contribution in [2.75, 3.05) is 13.1 Å². The van der Waals surface area contributed by atoms with E-state index in [0.717, 1.165) is 0 Å². The molecule has 0 unspecified atom stereocenters. The van der Waals surface area contributed by atoms with Crippen LogP contribution in [0, 0.1) is 11.7 Å². The Hall–Kier alpha value is -3.29. The highest BCUT2D eigenvalue weighted by Crippen LogP contribution is 2.23. The largest absolute Gasteiger partial charge is 0.343 e. The van der Waals surface area contributed by atoms with Gasteiger partial charge in [0.15, 0.2) is 5.78 Å². The van der Waals surface area contributed by atoms with Gasteiger partial charge in [0.05, 0.1) is 5.39 Å². The highest BCUT2D eigenvalue weighted by atomic mass is 19.1. The zero-order valence-corrected chi connectivity index (χ0v) is 17.4. The van der Waals surface area contributed by atoms with Gasteiger partial charge in [-0.1, -0.05) is 0 Å². The van der Waals surface area contributed by atoms with Crippen LogP contribution in [0.15, 0.2) is 41.3 Å². The molecule has 0 bridgehead atoms. The molecule has 31 heavy (non-hydrogen) atoms. The van der Waals surface area contributed by atoms with Gasteiger partial charge in [-0.05, 0) is 49.6 Å². The monoisotopic (exact) mass is 424 g/mol. The fourth-order valence-corrected chi connectivity index (χ4v) is 4.12. The molecule has 8 heteroatoms. The Bertz CT molecular complexity index is 1160. The molecule has 1 amide bonds. The highest BCUT2D eigenvalue weighted by Gasteiger charge is 2.27. The summed E-state index contributed by atoms with van der Waals surface area (Å²) in [5.41, 5.74) is 0.987. The van der Waals surface area contributed by atoms with Gasteiger partial charge in [-0.3, -0.25) is 14.4 Å². The number of aromatic nitrogens is 3. The number of amides is 1. The summed E-state index contributed by atoms with van der Waals surface area (Å²) in [6.45, 7) is 1.08. The zero-order valence-electron chi connectivity index (χ0n) is 17.4. The van der Waals surface area contributed by atoms with E-state index in [1.54, 1.807) is 21.7 Å². The summed E-state index contributed by atoms with van der Waals surface area (Å²) in [5.74, 6) is 0.143. The van der Waals surface area contributed by atoms with Gasteiger partial charge in [-0.15, -0.1) is 0 Å². The molecule has 0 spiro atoms. The number of nitrogens with zero attached hydrogens (tertiary/aromatic N) is 3. The van der Waals surface area contributed by atoms with Gasteiger partial charge in [0.25, 0.3) is 5.56 Å². The number of benzene rings is 1. The van der Waals surface area contributed by atoms with E-state index in [2.05, 4.69) is 9.97 Å². The molecule has 2 aromatic heterocycles. The first-order valence-electron chi connectivity index (χ1n) is 10.5. The second-order valence-corrected chi connectivity index (χ2v) is 8.06. The van der Waals surface area contributed by atoms with Gasteiger partial charge in [0.1, 0.15) is 17.3 Å². The van der Waals surface area contributed by atoms with Crippen LogP contribution >= 0.6 is 0 Å². The van der Waals surface area contributed by atoms with Crippen molar-refractivity contribution in [3.05, 3.63) is 64.1 Å². The third-order valence-corrected chi connectivity index (χ3v) is 5.93. The Balaban J connectivity index is 1.27. The van der Waals surface area contributed by atoms with Crippen molar-refractivity contribution in [3.63, 3.8) is 0 Å². The van der Waals surface area contributed by atoms with E-state index in [1.165, 1.54) is 24.3 Å². The minimum atomic E-state index is -0.361. The lowest BCUT2D eigenvalue weighted by atomic mass is 9.88. The number of Topliss-reactive ketones (excluding diaryl/α,β-unsaturated/α-hetero) is 1. The number of H-pyrrole nitrogens is 1. The highest BCUT2D eigenvalue weighted by molar-refractivity contribution is 5.98. The molecule has 0 atom stereocenters. The number of rotatable bonds is 6. The molecule has 3 aromatic rings. The molecule has 0 radical (unpaired) electrons. The Kier molecular flexibility index (Phi) is 5.97. The summed E-state index contributed by atoms with van der Waals surface area (Å²) >= 11 is 0. The summed E-state index contributed by atoms with van der Waals surface area (Å²) in [4.78, 5) is 46.4. The average Bonchev–Trinajstić information content (AvgIpc) is 3.15. The second-order valence-electron chi connectivity index (χ2n) is 8.06. The van der Waals surface area contributed by atoms with E-state index >= 15 is 0 Å². The van der Waals surface area contributed by atoms with Crippen LogP contribution < -0.4 is 5.56 Å². The summed E-state index contributed by atoms with van der Waals surface area (Å²) < 4.78 is 14.9. The van der Waals surface area contributed by atoms with E-state index in [0.29, 0.717) is 67.6 Å². The quantitative estimate of drug-likeness (QED) is 0.617. The summed E-state index contributed by atoms with van der Waals surface area (Å²) in [6.07, 6.45) is 4.49. The first-order valence-corrected chi connectivity index (χ1v) is 10.5. The average molecular weight is 424 g/mol. The number of halogens is 1. The van der Waals surface area contributed by atoms with Crippen molar-refractivity contribution in [2.24, 2.45) is 13.0 Å². The molecule has 0 saturated carbocycles. The number of hydrogen-bond acceptors (Lipinski definition) is 4. The van der Waals surface area contributed by atoms with Crippen LogP contribution in [0.3, 0.4) is 0 Å². The molecule has 0 aliphatic carbocycles. The third-order valence-electron chi connectivity index (χ3n) is 5.93. The third kappa shape index (κ3) is 4.57. The predicted molar refractivity (Wildman–Crippen MR) is 114 cm³/mol. The summed E-state index contributed by atoms with van der Waals surface area (Å²) in [5, 5.41) is 0.556. The van der Waals surface area contributed by atoms with Crippen LogP contribution in [0.1, 0.15) is 41.9 Å². The second kappa shape index (κ2) is 8.83. The lowest BCUT2D eigenvalue weighted by molar-refractivity contribution is -0.132. The van der Waals surface area contributed by atoms with E-state index in [9.17, 15) is 18.8 Å². The Morgan fingerprint density at radius 2 is 1.87 bits per heavy atom. The molecule has 1 saturated heterocycles. The number of hydrogen-bond donors (Lipinski definition) is 1. The van der Waals surface area contributed by atoms with Crippen LogP contribution in [0.2, 0.25) is 0 Å². The van der Waals surface area contributed by atoms with Gasteiger partial charge < -0.3 is 14.5 Å². The first-order chi connectivity index (χ1) is 14.9.